The Labute approximate surface area is 596 Å². The Morgan fingerprint density at radius 3 is 1.83 bits per heavy atom. The molecular formula is C71H112N14O13S2. The van der Waals surface area contributed by atoms with Gasteiger partial charge in [-0.1, -0.05) is 56.4 Å². The second-order valence-electron chi connectivity index (χ2n) is 29.7. The van der Waals surface area contributed by atoms with Crippen molar-refractivity contribution in [2.75, 3.05) is 65.0 Å². The van der Waals surface area contributed by atoms with E-state index in [1.54, 1.807) is 11.8 Å². The molecule has 2 bridgehead atoms. The Kier molecular flexibility index (Phi) is 30.1. The quantitative estimate of drug-likeness (QED) is 0.109. The van der Waals surface area contributed by atoms with Gasteiger partial charge < -0.3 is 84.6 Å². The van der Waals surface area contributed by atoms with Crippen LogP contribution in [0, 0.1) is 41.4 Å². The van der Waals surface area contributed by atoms with Gasteiger partial charge in [-0.3, -0.25) is 52.7 Å². The smallest absolute Gasteiger partial charge is 0.305 e. The van der Waals surface area contributed by atoms with Gasteiger partial charge in [0, 0.05) is 86.7 Å². The van der Waals surface area contributed by atoms with Crippen LogP contribution in [0.2, 0.25) is 0 Å². The molecule has 27 nitrogen and oxygen atoms in total. The molecule has 9 rings (SSSR count). The summed E-state index contributed by atoms with van der Waals surface area (Å²) in [5, 5.41) is 52.0. The first-order chi connectivity index (χ1) is 48.1. The van der Waals surface area contributed by atoms with Gasteiger partial charge in [0.1, 0.15) is 36.3 Å². The number of nitrogens with zero attached hydrogens (tertiary/aromatic N) is 2. The number of hydrogen-bond donors (Lipinski definition) is 14. The third-order valence-corrected chi connectivity index (χ3v) is 24.7. The molecule has 16 N–H and O–H groups in total. The number of hydrogen-bond acceptors (Lipinski definition) is 19. The number of Topliss-reactive ketones (excluding diaryl/α,β-unsaturated/α-hetero) is 1. The molecule has 3 saturated heterocycles. The number of primary amides is 1. The molecule has 0 radical (unpaired) electrons. The summed E-state index contributed by atoms with van der Waals surface area (Å²) in [7, 11) is 2.95. The molecule has 556 valence electrons. The average molecular weight is 1430 g/mol. The molecule has 0 aromatic heterocycles. The number of unbranched alkanes of at least 4 members (excludes halogenated alkanes) is 1. The van der Waals surface area contributed by atoms with Crippen molar-refractivity contribution < 1.29 is 63.0 Å². The van der Waals surface area contributed by atoms with Crippen molar-refractivity contribution >= 4 is 88.4 Å². The maximum atomic E-state index is 15.5. The number of aliphatic hydroxyl groups is 1. The number of likely N-dealkylation sites (N-methyl/N-ethyl adjacent to an activating group) is 2. The predicted molar refractivity (Wildman–Crippen MR) is 380 cm³/mol. The summed E-state index contributed by atoms with van der Waals surface area (Å²) >= 11 is 2.94. The van der Waals surface area contributed by atoms with E-state index < -0.39 is 126 Å². The highest BCUT2D eigenvalue weighted by atomic mass is 32.2. The van der Waals surface area contributed by atoms with Gasteiger partial charge >= 0.3 is 5.97 Å². The number of carbonyl (C=O) groups is 11. The number of carboxylic acid groups (broad SMARTS) is 1. The van der Waals surface area contributed by atoms with Gasteiger partial charge in [0.2, 0.25) is 53.2 Å². The Morgan fingerprint density at radius 2 is 1.20 bits per heavy atom. The monoisotopic (exact) mass is 1430 g/mol. The van der Waals surface area contributed by atoms with E-state index in [9.17, 15) is 39.0 Å². The fraction of sp³-hybridized carbons (Fsp3) is 0.761. The highest BCUT2D eigenvalue weighted by molar-refractivity contribution is 7.98. The minimum atomic E-state index is -1.79. The lowest BCUT2D eigenvalue weighted by atomic mass is 9.77. The molecule has 9 amide bonds. The second kappa shape index (κ2) is 38.5. The zero-order chi connectivity index (χ0) is 71.4. The van der Waals surface area contributed by atoms with Crippen molar-refractivity contribution in [3.63, 3.8) is 0 Å². The van der Waals surface area contributed by atoms with E-state index in [1.807, 2.05) is 24.3 Å². The number of rotatable bonds is 15. The molecule has 4 heterocycles. The van der Waals surface area contributed by atoms with Crippen molar-refractivity contribution in [2.45, 2.75) is 232 Å². The van der Waals surface area contributed by atoms with Gasteiger partial charge in [0.05, 0.1) is 25.1 Å². The number of benzene rings is 1. The maximum Gasteiger partial charge on any atom is 0.305 e. The topological polar surface area (TPSA) is 407 Å². The molecule has 8 unspecified atom stereocenters. The number of ketones is 1. The van der Waals surface area contributed by atoms with Crippen LogP contribution in [-0.4, -0.2) is 216 Å². The largest absolute Gasteiger partial charge is 0.481 e. The molecule has 16 atom stereocenters. The Hall–Kier alpha value is -5.95. The molecule has 4 aliphatic heterocycles. The molecule has 1 aromatic carbocycles. The van der Waals surface area contributed by atoms with E-state index in [0.717, 1.165) is 62.5 Å². The number of amides is 9. The van der Waals surface area contributed by atoms with Gasteiger partial charge in [-0.05, 0) is 170 Å². The number of aliphatic hydroxyl groups excluding tert-OH is 1. The standard InChI is InChI=1S/C71H112N14O13S2/c1-84-36-62(88)79-55(29-44-33-75-52-17-5-3-13-48(44)52)67(94)80-56(30-45-34-76-53-18-6-4-14-49(45)53)68(95)81-57(32-63(89)90)69(96)82-58(31-46-35-74-40-77-46)71(98)85(2)60(28-41-20-22-47(86)23-21-41)64(91)50-15-10-16-51(50)66(93)83-59(65(73)92)39-100-38-43-12-9-11-42(27-43)37-99-26-24-61(87)78-54(70(84)97)19-7-8-25-72/h9,11-12,27,41,44-60,74-77,86H,3-8,10,13-26,28-40,72H2,1-2H3,(H2,73,92)(H,78,87)(H,79,88)(H,80,94)(H,81,95)(H,82,96)(H,83,93)(H,89,90)/t41?,44?,45?,46?,47?,48?,49?,50?,51-,52?,53?,54+,55+,56+,57+,58+,59+,60+/m1/s1. The fourth-order valence-electron chi connectivity index (χ4n) is 17.0. The second-order valence-corrected chi connectivity index (χ2v) is 31.8. The van der Waals surface area contributed by atoms with E-state index in [0.29, 0.717) is 108 Å². The Balaban J connectivity index is 1.03. The minimum absolute atomic E-state index is 0.0191. The van der Waals surface area contributed by atoms with Crippen LogP contribution in [0.3, 0.4) is 0 Å². The summed E-state index contributed by atoms with van der Waals surface area (Å²) in [6, 6.07) is -1.01. The molecule has 29 heteroatoms. The molecule has 100 heavy (non-hydrogen) atoms. The lowest BCUT2D eigenvalue weighted by Crippen LogP contribution is -2.60. The first-order valence-electron chi connectivity index (χ1n) is 37.0. The average Bonchev–Trinajstić information content (AvgIpc) is 1.54. The highest BCUT2D eigenvalue weighted by Crippen LogP contribution is 2.40. The molecular weight excluding hydrogens is 1320 g/mol. The zero-order valence-electron chi connectivity index (χ0n) is 58.5. The fourth-order valence-corrected chi connectivity index (χ4v) is 18.9. The third kappa shape index (κ3) is 22.3. The number of carbonyl (C=O) groups excluding carboxylic acids is 10. The SMILES string of the molecule is CN1CC(=O)N[C@@H](CC2CNC3CCCCC23)C(=O)N[C@@H](CC2CNC3CCCCC23)C(=O)N[C@@H](CC(=O)O)C(=O)N[C@@H](CC2CNCN2)C(=O)N(C)[C@@H](CC2CCC(O)CC2)C(=O)C2CCC[C@H]2C(=O)N[C@H](C(N)=O)CSCc2cccc(c2)CSCCC(=O)N[C@@H](CCCCN)C1=O. The first kappa shape index (κ1) is 78.2. The molecule has 8 aliphatic rings. The summed E-state index contributed by atoms with van der Waals surface area (Å²) in [5.74, 6) is -7.80. The molecule has 4 aliphatic carbocycles. The highest BCUT2D eigenvalue weighted by Gasteiger charge is 2.47. The minimum Gasteiger partial charge on any atom is -0.481 e. The third-order valence-electron chi connectivity index (χ3n) is 22.6. The van der Waals surface area contributed by atoms with Crippen molar-refractivity contribution in [1.82, 2.24) is 63.0 Å². The lowest BCUT2D eigenvalue weighted by molar-refractivity contribution is -0.145. The number of nitrogens with one attached hydrogen (secondary N) is 10. The maximum absolute atomic E-state index is 15.5. The van der Waals surface area contributed by atoms with Crippen LogP contribution in [0.4, 0.5) is 0 Å². The zero-order valence-corrected chi connectivity index (χ0v) is 60.1. The normalized spacial score (nSPS) is 34.3. The van der Waals surface area contributed by atoms with Gasteiger partial charge in [-0.25, -0.2) is 0 Å². The van der Waals surface area contributed by atoms with E-state index in [-0.39, 0.29) is 104 Å². The number of aliphatic carboxylic acids is 1. The van der Waals surface area contributed by atoms with Crippen molar-refractivity contribution in [3.05, 3.63) is 35.4 Å². The predicted octanol–water partition coefficient (Wildman–Crippen LogP) is 1.01. The van der Waals surface area contributed by atoms with Crippen LogP contribution >= 0.6 is 23.5 Å². The Morgan fingerprint density at radius 1 is 0.600 bits per heavy atom. The van der Waals surface area contributed by atoms with E-state index >= 15 is 24.0 Å². The van der Waals surface area contributed by atoms with Gasteiger partial charge in [0.25, 0.3) is 0 Å². The van der Waals surface area contributed by atoms with Crippen LogP contribution in [-0.2, 0) is 64.2 Å². The van der Waals surface area contributed by atoms with Crippen LogP contribution in [0.25, 0.3) is 0 Å². The lowest BCUT2D eigenvalue weighted by Gasteiger charge is -2.37. The number of carboxylic acids is 1. The number of thioether (sulfide) groups is 2. The summed E-state index contributed by atoms with van der Waals surface area (Å²) in [4.78, 5) is 162. The number of nitrogens with two attached hydrogens (primary N) is 2. The summed E-state index contributed by atoms with van der Waals surface area (Å²) in [5.41, 5.74) is 13.8. The van der Waals surface area contributed by atoms with Crippen LogP contribution in [0.1, 0.15) is 165 Å². The first-order valence-corrected chi connectivity index (χ1v) is 39.3. The van der Waals surface area contributed by atoms with Gasteiger partial charge in [-0.2, -0.15) is 23.5 Å². The molecule has 7 fully saturated rings. The van der Waals surface area contributed by atoms with Crippen LogP contribution < -0.4 is 64.6 Å². The Bertz CT molecular complexity index is 2990. The molecule has 1 aromatic rings. The molecule has 0 spiro atoms. The van der Waals surface area contributed by atoms with Gasteiger partial charge in [0.15, 0.2) is 5.78 Å². The summed E-state index contributed by atoms with van der Waals surface area (Å²) < 4.78 is 0. The van der Waals surface area contributed by atoms with E-state index in [2.05, 4.69) is 53.2 Å². The van der Waals surface area contributed by atoms with Crippen molar-refractivity contribution in [2.24, 2.45) is 52.9 Å². The number of fused-ring (bicyclic) bond motifs is 5. The van der Waals surface area contributed by atoms with E-state index in [4.69, 9.17) is 11.5 Å². The summed E-state index contributed by atoms with van der Waals surface area (Å²) in [6.45, 7) is 1.80. The van der Waals surface area contributed by atoms with Gasteiger partial charge in [-0.15, -0.1) is 0 Å². The van der Waals surface area contributed by atoms with E-state index in [1.165, 1.54) is 35.7 Å². The van der Waals surface area contributed by atoms with Crippen molar-refractivity contribution in [3.8, 4) is 0 Å². The van der Waals surface area contributed by atoms with Crippen LogP contribution in [0.5, 0.6) is 0 Å². The van der Waals surface area contributed by atoms with Crippen molar-refractivity contribution in [1.29, 1.82) is 0 Å². The van der Waals surface area contributed by atoms with Crippen LogP contribution in [0.15, 0.2) is 24.3 Å². The molecule has 4 saturated carbocycles. The summed E-state index contributed by atoms with van der Waals surface area (Å²) in [6.07, 6.45) is 11.6.